The Morgan fingerprint density at radius 3 is 2.72 bits per heavy atom. The molecule has 94 valence electrons. The molecule has 0 saturated heterocycles. The number of carboxylic acids is 1. The van der Waals surface area contributed by atoms with Gasteiger partial charge in [0.15, 0.2) is 5.76 Å². The van der Waals surface area contributed by atoms with Crippen LogP contribution in [0.25, 0.3) is 0 Å². The van der Waals surface area contributed by atoms with E-state index in [4.69, 9.17) is 9.52 Å². The van der Waals surface area contributed by atoms with Gasteiger partial charge in [0.1, 0.15) is 11.7 Å². The largest absolute Gasteiger partial charge is 0.478 e. The molecule has 18 heavy (non-hydrogen) atoms. The minimum Gasteiger partial charge on any atom is -0.478 e. The van der Waals surface area contributed by atoms with Crippen molar-refractivity contribution in [2.75, 3.05) is 0 Å². The zero-order valence-corrected chi connectivity index (χ0v) is 11.1. The maximum absolute atomic E-state index is 11.0. The third kappa shape index (κ3) is 2.32. The van der Waals surface area contributed by atoms with E-state index in [0.717, 1.165) is 10.0 Å². The fraction of sp³-hybridized carbons (Fsp3) is 0.154. The first-order valence-corrected chi connectivity index (χ1v) is 6.05. The number of furan rings is 1. The Kier molecular flexibility index (Phi) is 3.54. The van der Waals surface area contributed by atoms with Gasteiger partial charge in [-0.3, -0.25) is 0 Å². The van der Waals surface area contributed by atoms with Crippen LogP contribution in [-0.4, -0.2) is 16.2 Å². The SMILES string of the molecule is Cc1cc(C(O)c2occc2C(=O)O)ccc1Br. The first kappa shape index (κ1) is 12.9. The normalized spacial score (nSPS) is 12.4. The summed E-state index contributed by atoms with van der Waals surface area (Å²) >= 11 is 3.37. The summed E-state index contributed by atoms with van der Waals surface area (Å²) in [5, 5.41) is 19.1. The molecule has 0 aliphatic heterocycles. The lowest BCUT2D eigenvalue weighted by Gasteiger charge is -2.11. The Hall–Kier alpha value is -1.59. The number of hydrogen-bond donors (Lipinski definition) is 2. The number of aliphatic hydroxyl groups excluding tert-OH is 1. The highest BCUT2D eigenvalue weighted by molar-refractivity contribution is 9.10. The maximum Gasteiger partial charge on any atom is 0.339 e. The van der Waals surface area contributed by atoms with Crippen molar-refractivity contribution >= 4 is 21.9 Å². The summed E-state index contributed by atoms with van der Waals surface area (Å²) < 4.78 is 6.00. The monoisotopic (exact) mass is 310 g/mol. The molecule has 2 N–H and O–H groups in total. The van der Waals surface area contributed by atoms with Crippen LogP contribution in [0.4, 0.5) is 0 Å². The average Bonchev–Trinajstić information content (AvgIpc) is 2.81. The molecule has 1 aromatic carbocycles. The van der Waals surface area contributed by atoms with Gasteiger partial charge in [-0.25, -0.2) is 4.79 Å². The molecule has 1 atom stereocenters. The number of benzene rings is 1. The van der Waals surface area contributed by atoms with Gasteiger partial charge in [0.2, 0.25) is 0 Å². The Morgan fingerprint density at radius 1 is 1.39 bits per heavy atom. The van der Waals surface area contributed by atoms with Crippen molar-refractivity contribution in [3.8, 4) is 0 Å². The van der Waals surface area contributed by atoms with Crippen molar-refractivity contribution < 1.29 is 19.4 Å². The van der Waals surface area contributed by atoms with Crippen LogP contribution in [0, 0.1) is 6.92 Å². The van der Waals surface area contributed by atoms with Gasteiger partial charge in [-0.2, -0.15) is 0 Å². The summed E-state index contributed by atoms with van der Waals surface area (Å²) in [6.45, 7) is 1.89. The van der Waals surface area contributed by atoms with E-state index in [1.807, 2.05) is 6.92 Å². The first-order chi connectivity index (χ1) is 8.50. The van der Waals surface area contributed by atoms with Crippen LogP contribution < -0.4 is 0 Å². The Labute approximate surface area is 112 Å². The van der Waals surface area contributed by atoms with E-state index in [0.29, 0.717) is 5.56 Å². The van der Waals surface area contributed by atoms with Crippen LogP contribution >= 0.6 is 15.9 Å². The van der Waals surface area contributed by atoms with Gasteiger partial charge in [-0.15, -0.1) is 0 Å². The van der Waals surface area contributed by atoms with Crippen LogP contribution in [0.1, 0.15) is 33.3 Å². The van der Waals surface area contributed by atoms with Gasteiger partial charge in [-0.1, -0.05) is 28.1 Å². The number of rotatable bonds is 3. The van der Waals surface area contributed by atoms with E-state index in [-0.39, 0.29) is 11.3 Å². The average molecular weight is 311 g/mol. The molecule has 5 heteroatoms. The predicted octanol–water partition coefficient (Wildman–Crippen LogP) is 3.13. The fourth-order valence-electron chi connectivity index (χ4n) is 1.70. The molecule has 0 aliphatic rings. The summed E-state index contributed by atoms with van der Waals surface area (Å²) in [5.41, 5.74) is 1.52. The zero-order chi connectivity index (χ0) is 13.3. The van der Waals surface area contributed by atoms with E-state index >= 15 is 0 Å². The Balaban J connectivity index is 2.41. The van der Waals surface area contributed by atoms with Gasteiger partial charge >= 0.3 is 5.97 Å². The molecular weight excluding hydrogens is 300 g/mol. The first-order valence-electron chi connectivity index (χ1n) is 5.25. The van der Waals surface area contributed by atoms with Gasteiger partial charge < -0.3 is 14.6 Å². The smallest absolute Gasteiger partial charge is 0.339 e. The molecule has 0 fully saturated rings. The van der Waals surface area contributed by atoms with Crippen LogP contribution in [0.2, 0.25) is 0 Å². The predicted molar refractivity (Wildman–Crippen MR) is 68.6 cm³/mol. The lowest BCUT2D eigenvalue weighted by molar-refractivity contribution is 0.0687. The molecule has 1 heterocycles. The van der Waals surface area contributed by atoms with Crippen molar-refractivity contribution in [2.24, 2.45) is 0 Å². The second-order valence-corrected chi connectivity index (χ2v) is 4.77. The third-order valence-electron chi connectivity index (χ3n) is 2.67. The molecule has 1 unspecified atom stereocenters. The van der Waals surface area contributed by atoms with Crippen LogP contribution in [-0.2, 0) is 0 Å². The van der Waals surface area contributed by atoms with Gasteiger partial charge in [0, 0.05) is 4.47 Å². The highest BCUT2D eigenvalue weighted by Gasteiger charge is 2.22. The lowest BCUT2D eigenvalue weighted by atomic mass is 10.0. The van der Waals surface area contributed by atoms with E-state index in [9.17, 15) is 9.90 Å². The van der Waals surface area contributed by atoms with Crippen molar-refractivity contribution in [2.45, 2.75) is 13.0 Å². The summed E-state index contributed by atoms with van der Waals surface area (Å²) in [6, 6.07) is 6.63. The number of halogens is 1. The minimum atomic E-state index is -1.12. The molecule has 0 radical (unpaired) electrons. The van der Waals surface area contributed by atoms with Crippen molar-refractivity contribution in [1.82, 2.24) is 0 Å². The van der Waals surface area contributed by atoms with Crippen LogP contribution in [0.15, 0.2) is 39.4 Å². The Morgan fingerprint density at radius 2 is 2.11 bits per heavy atom. The molecule has 0 saturated carbocycles. The van der Waals surface area contributed by atoms with E-state index < -0.39 is 12.1 Å². The number of hydrogen-bond acceptors (Lipinski definition) is 3. The molecule has 0 bridgehead atoms. The summed E-state index contributed by atoms with van der Waals surface area (Å²) in [6.07, 6.45) is 0.172. The van der Waals surface area contributed by atoms with Crippen LogP contribution in [0.3, 0.4) is 0 Å². The highest BCUT2D eigenvalue weighted by atomic mass is 79.9. The van der Waals surface area contributed by atoms with E-state index in [1.165, 1.54) is 12.3 Å². The van der Waals surface area contributed by atoms with Gasteiger partial charge in [0.05, 0.1) is 6.26 Å². The third-order valence-corrected chi connectivity index (χ3v) is 3.56. The molecule has 0 aliphatic carbocycles. The second-order valence-electron chi connectivity index (χ2n) is 3.91. The second kappa shape index (κ2) is 4.96. The number of carboxylic acid groups (broad SMARTS) is 1. The van der Waals surface area contributed by atoms with Crippen LogP contribution in [0.5, 0.6) is 0 Å². The Bertz CT molecular complexity index is 588. The topological polar surface area (TPSA) is 70.7 Å². The minimum absolute atomic E-state index is 0.0249. The summed E-state index contributed by atoms with van der Waals surface area (Å²) in [7, 11) is 0. The summed E-state index contributed by atoms with van der Waals surface area (Å²) in [4.78, 5) is 11.0. The van der Waals surface area contributed by atoms with Gasteiger partial charge in [-0.05, 0) is 30.2 Å². The number of aromatic carboxylic acids is 1. The van der Waals surface area contributed by atoms with E-state index in [1.54, 1.807) is 18.2 Å². The molecule has 2 aromatic rings. The fourth-order valence-corrected chi connectivity index (χ4v) is 1.95. The molecule has 0 spiro atoms. The number of aryl methyl sites for hydroxylation is 1. The lowest BCUT2D eigenvalue weighted by Crippen LogP contribution is -2.05. The van der Waals surface area contributed by atoms with Crippen molar-refractivity contribution in [1.29, 1.82) is 0 Å². The van der Waals surface area contributed by atoms with Gasteiger partial charge in [0.25, 0.3) is 0 Å². The zero-order valence-electron chi connectivity index (χ0n) is 9.55. The quantitative estimate of drug-likeness (QED) is 0.913. The molecule has 0 amide bonds. The molecule has 4 nitrogen and oxygen atoms in total. The van der Waals surface area contributed by atoms with E-state index in [2.05, 4.69) is 15.9 Å². The standard InChI is InChI=1S/C13H11BrO4/c1-7-6-8(2-3-10(7)14)11(15)12-9(13(16)17)4-5-18-12/h2-6,11,15H,1H3,(H,16,17). The van der Waals surface area contributed by atoms with Crippen molar-refractivity contribution in [3.63, 3.8) is 0 Å². The molecule has 2 rings (SSSR count). The molecule has 1 aromatic heterocycles. The number of carbonyl (C=O) groups is 1. The van der Waals surface area contributed by atoms with Crippen molar-refractivity contribution in [3.05, 3.63) is 57.5 Å². The maximum atomic E-state index is 11.0. The molecular formula is C13H11BrO4. The number of aliphatic hydroxyl groups is 1. The highest BCUT2D eigenvalue weighted by Crippen LogP contribution is 2.28. The summed E-state index contributed by atoms with van der Waals surface area (Å²) in [5.74, 6) is -1.07.